The Labute approximate surface area is 84.5 Å². The summed E-state index contributed by atoms with van der Waals surface area (Å²) in [7, 11) is 1.62. The van der Waals surface area contributed by atoms with Gasteiger partial charge in [-0.2, -0.15) is 5.26 Å². The van der Waals surface area contributed by atoms with E-state index in [1.165, 1.54) is 0 Å². The summed E-state index contributed by atoms with van der Waals surface area (Å²) in [6, 6.07) is 6.25. The number of nitrogens with zero attached hydrogens (tertiary/aromatic N) is 1. The van der Waals surface area contributed by atoms with E-state index in [1.807, 2.05) is 6.07 Å². The van der Waals surface area contributed by atoms with Crippen LogP contribution < -0.4 is 5.32 Å². The van der Waals surface area contributed by atoms with Crippen molar-refractivity contribution >= 4 is 15.9 Å². The van der Waals surface area contributed by atoms with Gasteiger partial charge in [-0.3, -0.25) is 0 Å². The van der Waals surface area contributed by atoms with Crippen LogP contribution in [0.2, 0.25) is 0 Å². The second-order valence-electron chi connectivity index (χ2n) is 2.49. The van der Waals surface area contributed by atoms with Crippen molar-refractivity contribution in [3.8, 4) is 6.07 Å². The molecule has 1 N–H and O–H groups in total. The number of hydrogen-bond acceptors (Lipinski definition) is 2. The molecule has 2 nitrogen and oxygen atoms in total. The fourth-order valence-corrected chi connectivity index (χ4v) is 1.41. The lowest BCUT2D eigenvalue weighted by Gasteiger charge is -2.09. The normalized spacial score (nSPS) is 12.2. The highest BCUT2D eigenvalue weighted by Crippen LogP contribution is 2.22. The Morgan fingerprint density at radius 2 is 2.31 bits per heavy atom. The van der Waals surface area contributed by atoms with Crippen LogP contribution >= 0.6 is 15.9 Å². The molecule has 13 heavy (non-hydrogen) atoms. The molecule has 1 unspecified atom stereocenters. The lowest BCUT2D eigenvalue weighted by atomic mass is 10.1. The summed E-state index contributed by atoms with van der Waals surface area (Å²) in [5.41, 5.74) is 0.361. The average molecular weight is 243 g/mol. The van der Waals surface area contributed by atoms with E-state index in [1.54, 1.807) is 25.2 Å². The van der Waals surface area contributed by atoms with Crippen molar-refractivity contribution in [2.24, 2.45) is 0 Å². The molecule has 0 heterocycles. The number of halogens is 2. The predicted octanol–water partition coefficient (Wildman–Crippen LogP) is 2.37. The summed E-state index contributed by atoms with van der Waals surface area (Å²) in [5.74, 6) is -0.386. The van der Waals surface area contributed by atoms with Gasteiger partial charge in [0.25, 0.3) is 0 Å². The molecule has 68 valence electrons. The predicted molar refractivity (Wildman–Crippen MR) is 51.5 cm³/mol. The molecule has 1 atom stereocenters. The first-order valence-electron chi connectivity index (χ1n) is 3.71. The van der Waals surface area contributed by atoms with Crippen LogP contribution in [0.1, 0.15) is 11.6 Å². The first-order valence-corrected chi connectivity index (χ1v) is 4.50. The summed E-state index contributed by atoms with van der Waals surface area (Å²) in [4.78, 5) is 0. The maximum atomic E-state index is 13.4. The molecule has 0 saturated carbocycles. The third-order valence-electron chi connectivity index (χ3n) is 1.71. The van der Waals surface area contributed by atoms with Crippen molar-refractivity contribution in [1.82, 2.24) is 5.32 Å². The minimum absolute atomic E-state index is 0.361. The van der Waals surface area contributed by atoms with Gasteiger partial charge in [-0.15, -0.1) is 0 Å². The van der Waals surface area contributed by atoms with Gasteiger partial charge in [0.1, 0.15) is 11.9 Å². The standard InChI is InChI=1S/C9H8BrFN2/c1-13-8(5-12)6-3-2-4-7(10)9(6)11/h2-4,8,13H,1H3. The monoisotopic (exact) mass is 242 g/mol. The van der Waals surface area contributed by atoms with E-state index in [9.17, 15) is 4.39 Å². The largest absolute Gasteiger partial charge is 0.301 e. The van der Waals surface area contributed by atoms with Crippen LogP contribution in [0.5, 0.6) is 0 Å². The summed E-state index contributed by atoms with van der Waals surface area (Å²) in [6.45, 7) is 0. The van der Waals surface area contributed by atoms with Crippen LogP contribution in [-0.2, 0) is 0 Å². The molecule has 0 fully saturated rings. The van der Waals surface area contributed by atoms with E-state index in [0.29, 0.717) is 10.0 Å². The van der Waals surface area contributed by atoms with Crippen molar-refractivity contribution < 1.29 is 4.39 Å². The smallest absolute Gasteiger partial charge is 0.143 e. The van der Waals surface area contributed by atoms with Gasteiger partial charge < -0.3 is 5.32 Å². The summed E-state index contributed by atoms with van der Waals surface area (Å²) >= 11 is 3.06. The third-order valence-corrected chi connectivity index (χ3v) is 2.32. The Kier molecular flexibility index (Phi) is 3.40. The second-order valence-corrected chi connectivity index (χ2v) is 3.35. The highest BCUT2D eigenvalue weighted by molar-refractivity contribution is 9.10. The summed E-state index contributed by atoms with van der Waals surface area (Å²) in [5, 5.41) is 11.4. The van der Waals surface area contributed by atoms with Gasteiger partial charge in [0.05, 0.1) is 10.5 Å². The van der Waals surface area contributed by atoms with Crippen molar-refractivity contribution in [2.75, 3.05) is 7.05 Å². The maximum absolute atomic E-state index is 13.4. The fourth-order valence-electron chi connectivity index (χ4n) is 1.03. The molecule has 0 aliphatic carbocycles. The molecule has 1 rings (SSSR count). The highest BCUT2D eigenvalue weighted by Gasteiger charge is 2.14. The van der Waals surface area contributed by atoms with Gasteiger partial charge in [-0.05, 0) is 29.0 Å². The van der Waals surface area contributed by atoms with E-state index < -0.39 is 6.04 Å². The number of nitriles is 1. The molecular formula is C9H8BrFN2. The third kappa shape index (κ3) is 2.06. The number of rotatable bonds is 2. The van der Waals surface area contributed by atoms with Crippen LogP contribution in [0.4, 0.5) is 4.39 Å². The Morgan fingerprint density at radius 3 is 2.85 bits per heavy atom. The Morgan fingerprint density at radius 1 is 1.62 bits per heavy atom. The molecule has 0 aliphatic rings. The first-order chi connectivity index (χ1) is 6.20. The molecule has 0 radical (unpaired) electrons. The van der Waals surface area contributed by atoms with Gasteiger partial charge in [0.15, 0.2) is 0 Å². The Bertz CT molecular complexity index is 346. The maximum Gasteiger partial charge on any atom is 0.143 e. The van der Waals surface area contributed by atoms with Crippen molar-refractivity contribution in [2.45, 2.75) is 6.04 Å². The van der Waals surface area contributed by atoms with Gasteiger partial charge >= 0.3 is 0 Å². The molecule has 0 saturated heterocycles. The summed E-state index contributed by atoms with van der Waals surface area (Å²) < 4.78 is 13.8. The van der Waals surface area contributed by atoms with Crippen molar-refractivity contribution in [3.63, 3.8) is 0 Å². The quantitative estimate of drug-likeness (QED) is 0.865. The van der Waals surface area contributed by atoms with E-state index in [0.717, 1.165) is 0 Å². The SMILES string of the molecule is CNC(C#N)c1cccc(Br)c1F. The Hall–Kier alpha value is -0.920. The van der Waals surface area contributed by atoms with Crippen molar-refractivity contribution in [3.05, 3.63) is 34.1 Å². The molecule has 1 aromatic carbocycles. The molecule has 0 aromatic heterocycles. The molecular weight excluding hydrogens is 235 g/mol. The zero-order valence-corrected chi connectivity index (χ0v) is 8.60. The fraction of sp³-hybridized carbons (Fsp3) is 0.222. The van der Waals surface area contributed by atoms with Crippen LogP contribution in [-0.4, -0.2) is 7.05 Å². The highest BCUT2D eigenvalue weighted by atomic mass is 79.9. The van der Waals surface area contributed by atoms with Crippen LogP contribution in [0.3, 0.4) is 0 Å². The zero-order chi connectivity index (χ0) is 9.84. The van der Waals surface area contributed by atoms with Crippen LogP contribution in [0.15, 0.2) is 22.7 Å². The topological polar surface area (TPSA) is 35.8 Å². The lowest BCUT2D eigenvalue weighted by molar-refractivity contribution is 0.579. The number of nitrogens with one attached hydrogen (secondary N) is 1. The van der Waals surface area contributed by atoms with Crippen LogP contribution in [0, 0.1) is 17.1 Å². The van der Waals surface area contributed by atoms with Gasteiger partial charge in [-0.25, -0.2) is 4.39 Å². The molecule has 1 aromatic rings. The molecule has 0 amide bonds. The number of benzene rings is 1. The minimum Gasteiger partial charge on any atom is -0.301 e. The average Bonchev–Trinajstić information content (AvgIpc) is 2.14. The minimum atomic E-state index is -0.600. The molecule has 4 heteroatoms. The van der Waals surface area contributed by atoms with E-state index >= 15 is 0 Å². The van der Waals surface area contributed by atoms with E-state index in [4.69, 9.17) is 5.26 Å². The van der Waals surface area contributed by atoms with Gasteiger partial charge in [0.2, 0.25) is 0 Å². The second kappa shape index (κ2) is 4.35. The van der Waals surface area contributed by atoms with E-state index in [-0.39, 0.29) is 5.82 Å². The molecule has 0 aliphatic heterocycles. The summed E-state index contributed by atoms with van der Waals surface area (Å²) in [6.07, 6.45) is 0. The van der Waals surface area contributed by atoms with E-state index in [2.05, 4.69) is 21.2 Å². The first kappa shape index (κ1) is 10.2. The number of hydrogen-bond donors (Lipinski definition) is 1. The lowest BCUT2D eigenvalue weighted by Crippen LogP contribution is -2.15. The molecule has 0 spiro atoms. The van der Waals surface area contributed by atoms with Gasteiger partial charge in [-0.1, -0.05) is 12.1 Å². The zero-order valence-electron chi connectivity index (χ0n) is 7.01. The molecule has 0 bridgehead atoms. The van der Waals surface area contributed by atoms with Crippen LogP contribution in [0.25, 0.3) is 0 Å². The Balaban J connectivity index is 3.15. The van der Waals surface area contributed by atoms with Gasteiger partial charge in [0, 0.05) is 5.56 Å². The van der Waals surface area contributed by atoms with Crippen molar-refractivity contribution in [1.29, 1.82) is 5.26 Å².